The molecule has 0 radical (unpaired) electrons. The molecule has 0 spiro atoms. The second-order valence-corrected chi connectivity index (χ2v) is 5.33. The van der Waals surface area contributed by atoms with E-state index in [9.17, 15) is 4.21 Å². The Morgan fingerprint density at radius 3 is 2.79 bits per heavy atom. The Hall–Kier alpha value is -0.190. The van der Waals surface area contributed by atoms with Gasteiger partial charge in [-0.2, -0.15) is 0 Å². The van der Waals surface area contributed by atoms with E-state index in [1.165, 1.54) is 0 Å². The monoisotopic (exact) mass is 275 g/mol. The molecular formula is C10H14BrNOS. The van der Waals surface area contributed by atoms with Crippen molar-refractivity contribution in [3.8, 4) is 0 Å². The van der Waals surface area contributed by atoms with Crippen LogP contribution < -0.4 is 5.32 Å². The van der Waals surface area contributed by atoms with Crippen LogP contribution in [-0.4, -0.2) is 23.6 Å². The van der Waals surface area contributed by atoms with Crippen molar-refractivity contribution >= 4 is 26.7 Å². The first kappa shape index (κ1) is 11.9. The van der Waals surface area contributed by atoms with E-state index in [1.54, 1.807) is 0 Å². The zero-order valence-electron chi connectivity index (χ0n) is 8.13. The van der Waals surface area contributed by atoms with Crippen molar-refractivity contribution in [3.63, 3.8) is 0 Å². The maximum Gasteiger partial charge on any atom is 0.0541 e. The van der Waals surface area contributed by atoms with Gasteiger partial charge in [0.25, 0.3) is 0 Å². The van der Waals surface area contributed by atoms with Crippen molar-refractivity contribution in [2.75, 3.05) is 19.3 Å². The summed E-state index contributed by atoms with van der Waals surface area (Å²) in [6, 6.07) is 7.67. The first-order valence-electron chi connectivity index (χ1n) is 4.53. The summed E-state index contributed by atoms with van der Waals surface area (Å²) in [6.07, 6.45) is 0.935. The SMILES string of the molecule is CNCCCS(=O)c1ccccc1Br. The number of halogens is 1. The summed E-state index contributed by atoms with van der Waals surface area (Å²) in [4.78, 5) is 0.892. The van der Waals surface area contributed by atoms with Gasteiger partial charge in [0.15, 0.2) is 0 Å². The molecule has 2 nitrogen and oxygen atoms in total. The zero-order valence-corrected chi connectivity index (χ0v) is 10.5. The normalized spacial score (nSPS) is 12.7. The van der Waals surface area contributed by atoms with Crippen molar-refractivity contribution in [1.82, 2.24) is 5.32 Å². The Kier molecular flexibility index (Phi) is 5.37. The molecule has 0 aliphatic rings. The van der Waals surface area contributed by atoms with Crippen LogP contribution in [0.1, 0.15) is 6.42 Å². The highest BCUT2D eigenvalue weighted by Crippen LogP contribution is 2.19. The van der Waals surface area contributed by atoms with Gasteiger partial charge in [0.2, 0.25) is 0 Å². The molecule has 78 valence electrons. The zero-order chi connectivity index (χ0) is 10.4. The van der Waals surface area contributed by atoms with Crippen molar-refractivity contribution in [2.45, 2.75) is 11.3 Å². The van der Waals surface area contributed by atoms with Gasteiger partial charge in [0.05, 0.1) is 15.7 Å². The van der Waals surface area contributed by atoms with Crippen LogP contribution in [0.3, 0.4) is 0 Å². The smallest absolute Gasteiger partial charge is 0.0541 e. The fourth-order valence-electron chi connectivity index (χ4n) is 1.12. The van der Waals surface area contributed by atoms with Gasteiger partial charge in [-0.25, -0.2) is 0 Å². The van der Waals surface area contributed by atoms with E-state index in [1.807, 2.05) is 31.3 Å². The molecule has 0 fully saturated rings. The summed E-state index contributed by atoms with van der Waals surface area (Å²) in [5, 5.41) is 3.04. The minimum Gasteiger partial charge on any atom is -0.320 e. The quantitative estimate of drug-likeness (QED) is 0.835. The molecule has 0 bridgehead atoms. The molecule has 0 aromatic heterocycles. The topological polar surface area (TPSA) is 29.1 Å². The molecule has 1 aromatic carbocycles. The third-order valence-corrected chi connectivity index (χ3v) is 4.30. The minimum atomic E-state index is -0.883. The van der Waals surface area contributed by atoms with Crippen molar-refractivity contribution < 1.29 is 4.21 Å². The second-order valence-electron chi connectivity index (χ2n) is 2.94. The van der Waals surface area contributed by atoms with Crippen LogP contribution in [-0.2, 0) is 10.8 Å². The van der Waals surface area contributed by atoms with Gasteiger partial charge in [-0.05, 0) is 48.1 Å². The summed E-state index contributed by atoms with van der Waals surface area (Å²) >= 11 is 3.40. The minimum absolute atomic E-state index is 0.712. The van der Waals surface area contributed by atoms with E-state index >= 15 is 0 Å². The third kappa shape index (κ3) is 3.52. The molecule has 0 aliphatic heterocycles. The van der Waals surface area contributed by atoms with Crippen molar-refractivity contribution in [1.29, 1.82) is 0 Å². The molecule has 0 amide bonds. The Labute approximate surface area is 95.7 Å². The summed E-state index contributed by atoms with van der Waals surface area (Å²) < 4.78 is 12.7. The van der Waals surface area contributed by atoms with Crippen LogP contribution in [0.15, 0.2) is 33.6 Å². The van der Waals surface area contributed by atoms with Gasteiger partial charge in [0.1, 0.15) is 0 Å². The van der Waals surface area contributed by atoms with E-state index in [4.69, 9.17) is 0 Å². The maximum atomic E-state index is 11.8. The predicted molar refractivity (Wildman–Crippen MR) is 64.0 cm³/mol. The third-order valence-electron chi connectivity index (χ3n) is 1.84. The number of benzene rings is 1. The van der Waals surface area contributed by atoms with Crippen LogP contribution in [0.4, 0.5) is 0 Å². The number of nitrogens with one attached hydrogen (secondary N) is 1. The summed E-state index contributed by atoms with van der Waals surface area (Å²) in [6.45, 7) is 0.913. The van der Waals surface area contributed by atoms with Gasteiger partial charge < -0.3 is 5.32 Å². The number of hydrogen-bond acceptors (Lipinski definition) is 2. The lowest BCUT2D eigenvalue weighted by Gasteiger charge is -2.03. The van der Waals surface area contributed by atoms with Gasteiger partial charge in [-0.1, -0.05) is 12.1 Å². The molecule has 1 aromatic rings. The lowest BCUT2D eigenvalue weighted by molar-refractivity contribution is 0.677. The summed E-state index contributed by atoms with van der Waals surface area (Å²) in [7, 11) is 1.02. The lowest BCUT2D eigenvalue weighted by Crippen LogP contribution is -2.11. The predicted octanol–water partition coefficient (Wildman–Crippen LogP) is 2.17. The highest BCUT2D eigenvalue weighted by molar-refractivity contribution is 9.10. The van der Waals surface area contributed by atoms with Gasteiger partial charge >= 0.3 is 0 Å². The highest BCUT2D eigenvalue weighted by atomic mass is 79.9. The summed E-state index contributed by atoms with van der Waals surface area (Å²) in [5.74, 6) is 0.712. The Morgan fingerprint density at radius 1 is 1.43 bits per heavy atom. The van der Waals surface area contributed by atoms with Gasteiger partial charge in [0, 0.05) is 10.2 Å². The molecule has 4 heteroatoms. The molecule has 1 unspecified atom stereocenters. The number of rotatable bonds is 5. The van der Waals surface area contributed by atoms with Crippen molar-refractivity contribution in [2.24, 2.45) is 0 Å². The first-order chi connectivity index (χ1) is 6.75. The second kappa shape index (κ2) is 6.32. The molecular weight excluding hydrogens is 262 g/mol. The van der Waals surface area contributed by atoms with Crippen LogP contribution in [0.2, 0.25) is 0 Å². The van der Waals surface area contributed by atoms with Gasteiger partial charge in [-0.3, -0.25) is 4.21 Å². The molecule has 1 atom stereocenters. The number of hydrogen-bond donors (Lipinski definition) is 1. The maximum absolute atomic E-state index is 11.8. The van der Waals surface area contributed by atoms with Gasteiger partial charge in [-0.15, -0.1) is 0 Å². The van der Waals surface area contributed by atoms with E-state index in [0.29, 0.717) is 5.75 Å². The molecule has 0 saturated heterocycles. The van der Waals surface area contributed by atoms with Crippen LogP contribution in [0.25, 0.3) is 0 Å². The molecule has 0 heterocycles. The average molecular weight is 276 g/mol. The molecule has 14 heavy (non-hydrogen) atoms. The van der Waals surface area contributed by atoms with Crippen LogP contribution in [0.5, 0.6) is 0 Å². The lowest BCUT2D eigenvalue weighted by atomic mass is 10.4. The molecule has 1 N–H and O–H groups in total. The Morgan fingerprint density at radius 2 is 2.14 bits per heavy atom. The fraction of sp³-hybridized carbons (Fsp3) is 0.400. The first-order valence-corrected chi connectivity index (χ1v) is 6.64. The molecule has 0 saturated carbocycles. The largest absolute Gasteiger partial charge is 0.320 e. The van der Waals surface area contributed by atoms with Crippen LogP contribution >= 0.6 is 15.9 Å². The Balaban J connectivity index is 2.56. The fourth-order valence-corrected chi connectivity index (χ4v) is 3.09. The van der Waals surface area contributed by atoms with E-state index in [0.717, 1.165) is 22.3 Å². The standard InChI is InChI=1S/C10H14BrNOS/c1-12-7-4-8-14(13)10-6-3-2-5-9(10)11/h2-3,5-6,12H,4,7-8H2,1H3. The molecule has 1 rings (SSSR count). The van der Waals surface area contributed by atoms with Crippen LogP contribution in [0, 0.1) is 0 Å². The van der Waals surface area contributed by atoms with E-state index in [2.05, 4.69) is 21.2 Å². The Bertz CT molecular complexity index is 317. The van der Waals surface area contributed by atoms with Crippen molar-refractivity contribution in [3.05, 3.63) is 28.7 Å². The highest BCUT2D eigenvalue weighted by Gasteiger charge is 2.06. The molecule has 0 aliphatic carbocycles. The van der Waals surface area contributed by atoms with E-state index in [-0.39, 0.29) is 0 Å². The average Bonchev–Trinajstić information content (AvgIpc) is 2.18. The van der Waals surface area contributed by atoms with E-state index < -0.39 is 10.8 Å². The summed E-state index contributed by atoms with van der Waals surface area (Å²) in [5.41, 5.74) is 0.